The first kappa shape index (κ1) is 12.8. The normalized spacial score (nSPS) is 20.4. The lowest BCUT2D eigenvalue weighted by Gasteiger charge is -2.23. The van der Waals surface area contributed by atoms with E-state index < -0.39 is 0 Å². The highest BCUT2D eigenvalue weighted by atomic mass is 32.2. The minimum absolute atomic E-state index is 0.741. The first-order valence-corrected chi connectivity index (χ1v) is 7.46. The van der Waals surface area contributed by atoms with Gasteiger partial charge in [0.1, 0.15) is 0 Å². The molecule has 0 saturated carbocycles. The number of benzene rings is 1. The van der Waals surface area contributed by atoms with Crippen molar-refractivity contribution in [3.8, 4) is 0 Å². The highest BCUT2D eigenvalue weighted by molar-refractivity contribution is 7.99. The fourth-order valence-electron chi connectivity index (χ4n) is 2.32. The number of piperidine rings is 1. The molecule has 1 aliphatic rings. The molecule has 2 nitrogen and oxygen atoms in total. The van der Waals surface area contributed by atoms with Gasteiger partial charge in [0, 0.05) is 16.6 Å². The highest BCUT2D eigenvalue weighted by Crippen LogP contribution is 2.25. The summed E-state index contributed by atoms with van der Waals surface area (Å²) < 4.78 is 0. The molecule has 1 atom stereocenters. The summed E-state index contributed by atoms with van der Waals surface area (Å²) in [6.45, 7) is 3.34. The standard InChI is InChI=1S/C14H22N2S/c1-11-10-12(15)5-6-14(11)17-9-7-13-4-2-3-8-16-13/h5-6,10,13,16H,2-4,7-9,15H2,1H3. The van der Waals surface area contributed by atoms with Crippen LogP contribution in [0.5, 0.6) is 0 Å². The zero-order valence-electron chi connectivity index (χ0n) is 10.5. The molecule has 0 bridgehead atoms. The third kappa shape index (κ3) is 3.93. The zero-order chi connectivity index (χ0) is 12.1. The highest BCUT2D eigenvalue weighted by Gasteiger charge is 2.12. The Balaban J connectivity index is 1.77. The van der Waals surface area contributed by atoms with E-state index in [2.05, 4.69) is 24.4 Å². The molecular weight excluding hydrogens is 228 g/mol. The summed E-state index contributed by atoms with van der Waals surface area (Å²) in [7, 11) is 0. The summed E-state index contributed by atoms with van der Waals surface area (Å²) in [5.41, 5.74) is 7.91. The van der Waals surface area contributed by atoms with E-state index >= 15 is 0 Å². The van der Waals surface area contributed by atoms with Crippen molar-refractivity contribution >= 4 is 17.4 Å². The number of anilines is 1. The van der Waals surface area contributed by atoms with Gasteiger partial charge in [0.2, 0.25) is 0 Å². The molecule has 0 amide bonds. The first-order valence-electron chi connectivity index (χ1n) is 6.48. The maximum atomic E-state index is 5.75. The predicted molar refractivity (Wildman–Crippen MR) is 76.6 cm³/mol. The van der Waals surface area contributed by atoms with Gasteiger partial charge >= 0.3 is 0 Å². The molecule has 0 radical (unpaired) electrons. The Morgan fingerprint density at radius 1 is 1.41 bits per heavy atom. The van der Waals surface area contributed by atoms with Crippen LogP contribution in [0.2, 0.25) is 0 Å². The molecule has 1 saturated heterocycles. The van der Waals surface area contributed by atoms with Crippen molar-refractivity contribution in [2.24, 2.45) is 0 Å². The number of aryl methyl sites for hydroxylation is 1. The first-order chi connectivity index (χ1) is 8.25. The molecule has 94 valence electrons. The van der Waals surface area contributed by atoms with Crippen LogP contribution in [0.3, 0.4) is 0 Å². The van der Waals surface area contributed by atoms with Crippen LogP contribution in [0.1, 0.15) is 31.2 Å². The van der Waals surface area contributed by atoms with Crippen LogP contribution >= 0.6 is 11.8 Å². The summed E-state index contributed by atoms with van der Waals surface area (Å²) in [6, 6.07) is 6.93. The van der Waals surface area contributed by atoms with Gasteiger partial charge in [0.15, 0.2) is 0 Å². The number of nitrogens with two attached hydrogens (primary N) is 1. The van der Waals surface area contributed by atoms with Crippen LogP contribution in [-0.4, -0.2) is 18.3 Å². The maximum absolute atomic E-state index is 5.75. The smallest absolute Gasteiger partial charge is 0.0317 e. The Bertz CT molecular complexity index is 359. The molecule has 0 aliphatic carbocycles. The van der Waals surface area contributed by atoms with Crippen LogP contribution in [0.4, 0.5) is 5.69 Å². The van der Waals surface area contributed by atoms with Crippen molar-refractivity contribution < 1.29 is 0 Å². The van der Waals surface area contributed by atoms with Crippen molar-refractivity contribution in [3.05, 3.63) is 23.8 Å². The second-order valence-electron chi connectivity index (χ2n) is 4.81. The Labute approximate surface area is 108 Å². The summed E-state index contributed by atoms with van der Waals surface area (Å²) in [5, 5.41) is 3.60. The largest absolute Gasteiger partial charge is 0.399 e. The number of thioether (sulfide) groups is 1. The maximum Gasteiger partial charge on any atom is 0.0317 e. The van der Waals surface area contributed by atoms with Gasteiger partial charge in [-0.2, -0.15) is 0 Å². The number of nitrogen functional groups attached to an aromatic ring is 1. The SMILES string of the molecule is Cc1cc(N)ccc1SCCC1CCCCN1. The topological polar surface area (TPSA) is 38.0 Å². The van der Waals surface area contributed by atoms with Gasteiger partial charge in [-0.3, -0.25) is 0 Å². The minimum Gasteiger partial charge on any atom is -0.399 e. The van der Waals surface area contributed by atoms with Gasteiger partial charge in [-0.15, -0.1) is 11.8 Å². The Morgan fingerprint density at radius 3 is 3.00 bits per heavy atom. The molecule has 1 aromatic carbocycles. The molecular formula is C14H22N2S. The van der Waals surface area contributed by atoms with Gasteiger partial charge < -0.3 is 11.1 Å². The van der Waals surface area contributed by atoms with E-state index in [4.69, 9.17) is 5.73 Å². The van der Waals surface area contributed by atoms with Crippen molar-refractivity contribution in [1.29, 1.82) is 0 Å². The van der Waals surface area contributed by atoms with E-state index in [1.165, 1.54) is 48.4 Å². The average Bonchev–Trinajstić information content (AvgIpc) is 2.33. The van der Waals surface area contributed by atoms with Crippen LogP contribution in [0.15, 0.2) is 23.1 Å². The fraction of sp³-hybridized carbons (Fsp3) is 0.571. The van der Waals surface area contributed by atoms with Crippen molar-refractivity contribution in [1.82, 2.24) is 5.32 Å². The summed E-state index contributed by atoms with van der Waals surface area (Å²) >= 11 is 1.95. The van der Waals surface area contributed by atoms with Gasteiger partial charge in [-0.25, -0.2) is 0 Å². The third-order valence-corrected chi connectivity index (χ3v) is 4.54. The molecule has 2 rings (SSSR count). The van der Waals surface area contributed by atoms with E-state index in [0.29, 0.717) is 0 Å². The van der Waals surface area contributed by atoms with E-state index in [1.807, 2.05) is 17.8 Å². The van der Waals surface area contributed by atoms with Crippen LogP contribution in [-0.2, 0) is 0 Å². The van der Waals surface area contributed by atoms with E-state index in [0.717, 1.165) is 11.7 Å². The van der Waals surface area contributed by atoms with Gasteiger partial charge in [0.25, 0.3) is 0 Å². The predicted octanol–water partition coefficient (Wildman–Crippen LogP) is 3.20. The van der Waals surface area contributed by atoms with Crippen LogP contribution in [0.25, 0.3) is 0 Å². The van der Waals surface area contributed by atoms with E-state index in [1.54, 1.807) is 0 Å². The van der Waals surface area contributed by atoms with Crippen LogP contribution in [0, 0.1) is 6.92 Å². The Morgan fingerprint density at radius 2 is 2.29 bits per heavy atom. The lowest BCUT2D eigenvalue weighted by Crippen LogP contribution is -2.34. The fourth-order valence-corrected chi connectivity index (χ4v) is 3.39. The van der Waals surface area contributed by atoms with Gasteiger partial charge in [-0.1, -0.05) is 6.42 Å². The molecule has 3 N–H and O–H groups in total. The molecule has 0 spiro atoms. The third-order valence-electron chi connectivity index (χ3n) is 3.34. The van der Waals surface area contributed by atoms with Crippen molar-refractivity contribution in [3.63, 3.8) is 0 Å². The Hall–Kier alpha value is -0.670. The van der Waals surface area contributed by atoms with Crippen molar-refractivity contribution in [2.45, 2.75) is 43.5 Å². The molecule has 0 aromatic heterocycles. The zero-order valence-corrected chi connectivity index (χ0v) is 11.4. The number of hydrogen-bond acceptors (Lipinski definition) is 3. The number of hydrogen-bond donors (Lipinski definition) is 2. The van der Waals surface area contributed by atoms with Crippen LogP contribution < -0.4 is 11.1 Å². The number of nitrogens with one attached hydrogen (secondary N) is 1. The van der Waals surface area contributed by atoms with Gasteiger partial charge in [0.05, 0.1) is 0 Å². The lowest BCUT2D eigenvalue weighted by atomic mass is 10.0. The molecule has 1 unspecified atom stereocenters. The quantitative estimate of drug-likeness (QED) is 0.636. The molecule has 1 fully saturated rings. The molecule has 3 heteroatoms. The second kappa shape index (κ2) is 6.31. The number of rotatable bonds is 4. The van der Waals surface area contributed by atoms with E-state index in [-0.39, 0.29) is 0 Å². The second-order valence-corrected chi connectivity index (χ2v) is 5.95. The molecule has 1 aromatic rings. The molecule has 1 aliphatic heterocycles. The molecule has 1 heterocycles. The summed E-state index contributed by atoms with van der Waals surface area (Å²) in [6.07, 6.45) is 5.36. The van der Waals surface area contributed by atoms with Gasteiger partial charge in [-0.05, 0) is 62.2 Å². The van der Waals surface area contributed by atoms with E-state index in [9.17, 15) is 0 Å². The lowest BCUT2D eigenvalue weighted by molar-refractivity contribution is 0.395. The van der Waals surface area contributed by atoms with Crippen molar-refractivity contribution in [2.75, 3.05) is 18.0 Å². The molecule has 17 heavy (non-hydrogen) atoms. The average molecular weight is 250 g/mol. The summed E-state index contributed by atoms with van der Waals surface area (Å²) in [4.78, 5) is 1.37. The summed E-state index contributed by atoms with van der Waals surface area (Å²) in [5.74, 6) is 1.20. The minimum atomic E-state index is 0.741. The Kier molecular flexibility index (Phi) is 4.75. The monoisotopic (exact) mass is 250 g/mol.